The van der Waals surface area contributed by atoms with Gasteiger partial charge in [0.25, 0.3) is 0 Å². The highest BCUT2D eigenvalue weighted by molar-refractivity contribution is 5.37. The van der Waals surface area contributed by atoms with Gasteiger partial charge in [-0.2, -0.15) is 0 Å². The number of aromatic nitrogens is 2. The van der Waals surface area contributed by atoms with Crippen molar-refractivity contribution in [1.82, 2.24) is 9.97 Å². The summed E-state index contributed by atoms with van der Waals surface area (Å²) in [6.07, 6.45) is 0. The lowest BCUT2D eigenvalue weighted by molar-refractivity contribution is 0.185. The highest BCUT2D eigenvalue weighted by Crippen LogP contribution is 2.10. The fourth-order valence-electron chi connectivity index (χ4n) is 2.00. The van der Waals surface area contributed by atoms with Gasteiger partial charge in [0.05, 0.1) is 6.61 Å². The van der Waals surface area contributed by atoms with E-state index in [2.05, 4.69) is 33.5 Å². The maximum atomic E-state index is 5.14. The molecule has 2 aromatic rings. The first-order valence-electron chi connectivity index (χ1n) is 6.30. The van der Waals surface area contributed by atoms with Gasteiger partial charge in [0, 0.05) is 25.4 Å². The van der Waals surface area contributed by atoms with Crippen molar-refractivity contribution in [2.45, 2.75) is 27.0 Å². The summed E-state index contributed by atoms with van der Waals surface area (Å²) in [4.78, 5) is 8.62. The molecule has 100 valence electrons. The van der Waals surface area contributed by atoms with Crippen molar-refractivity contribution in [3.8, 4) is 0 Å². The zero-order chi connectivity index (χ0) is 13.7. The summed E-state index contributed by atoms with van der Waals surface area (Å²) in [7, 11) is 1.71. The second-order valence-electron chi connectivity index (χ2n) is 4.55. The second kappa shape index (κ2) is 6.29. The fraction of sp³-hybridized carbons (Fsp3) is 0.333. The van der Waals surface area contributed by atoms with Gasteiger partial charge < -0.3 is 10.1 Å². The van der Waals surface area contributed by atoms with Gasteiger partial charge in [-0.3, -0.25) is 0 Å². The van der Waals surface area contributed by atoms with Gasteiger partial charge in [-0.15, -0.1) is 0 Å². The van der Waals surface area contributed by atoms with Gasteiger partial charge in [0.1, 0.15) is 11.6 Å². The fourth-order valence-corrected chi connectivity index (χ4v) is 2.00. The largest absolute Gasteiger partial charge is 0.380 e. The summed E-state index contributed by atoms with van der Waals surface area (Å²) in [5.74, 6) is 1.65. The number of hydrogen-bond donors (Lipinski definition) is 1. The number of rotatable bonds is 5. The topological polar surface area (TPSA) is 47.0 Å². The molecule has 0 fully saturated rings. The van der Waals surface area contributed by atoms with Gasteiger partial charge >= 0.3 is 0 Å². The van der Waals surface area contributed by atoms with Crippen LogP contribution in [0.15, 0.2) is 30.3 Å². The molecule has 0 amide bonds. The van der Waals surface area contributed by atoms with Crippen molar-refractivity contribution in [2.75, 3.05) is 12.4 Å². The predicted octanol–water partition coefficient (Wildman–Crippen LogP) is 2.85. The number of ether oxygens (including phenoxy) is 1. The van der Waals surface area contributed by atoms with E-state index in [1.807, 2.05) is 26.0 Å². The summed E-state index contributed by atoms with van der Waals surface area (Å²) in [6.45, 7) is 5.25. The lowest BCUT2D eigenvalue weighted by atomic mass is 10.1. The minimum atomic E-state index is 0.638. The first kappa shape index (κ1) is 13.5. The molecule has 0 aliphatic carbocycles. The summed E-state index contributed by atoms with van der Waals surface area (Å²) < 4.78 is 5.14. The maximum absolute atomic E-state index is 5.14. The van der Waals surface area contributed by atoms with Crippen LogP contribution in [0, 0.1) is 13.8 Å². The van der Waals surface area contributed by atoms with Crippen LogP contribution in [-0.2, 0) is 17.9 Å². The van der Waals surface area contributed by atoms with Crippen LogP contribution in [0.4, 0.5) is 5.82 Å². The third-order valence-electron chi connectivity index (χ3n) is 2.74. The van der Waals surface area contributed by atoms with E-state index in [-0.39, 0.29) is 0 Å². The van der Waals surface area contributed by atoms with Gasteiger partial charge in [-0.05, 0) is 25.0 Å². The first-order chi connectivity index (χ1) is 9.17. The number of nitrogens with one attached hydrogen (secondary N) is 1. The summed E-state index contributed by atoms with van der Waals surface area (Å²) >= 11 is 0. The van der Waals surface area contributed by atoms with Gasteiger partial charge in [0.15, 0.2) is 0 Å². The Kier molecular flexibility index (Phi) is 4.47. The van der Waals surface area contributed by atoms with Crippen molar-refractivity contribution in [3.63, 3.8) is 0 Å². The standard InChI is InChI=1S/C15H19N3O/c1-11-7-15(18-12(2)17-11)16-9-13-5-4-6-14(8-13)10-19-3/h4-8H,9-10H2,1-3H3,(H,16,17,18). The van der Waals surface area contributed by atoms with E-state index in [9.17, 15) is 0 Å². The Balaban J connectivity index is 2.03. The molecule has 0 atom stereocenters. The molecule has 0 saturated heterocycles. The Morgan fingerprint density at radius 3 is 2.63 bits per heavy atom. The molecule has 0 saturated carbocycles. The van der Waals surface area contributed by atoms with E-state index in [4.69, 9.17) is 4.74 Å². The molecule has 4 nitrogen and oxygen atoms in total. The van der Waals surface area contributed by atoms with Crippen LogP contribution in [0.25, 0.3) is 0 Å². The van der Waals surface area contributed by atoms with Crippen molar-refractivity contribution < 1.29 is 4.74 Å². The number of benzene rings is 1. The quantitative estimate of drug-likeness (QED) is 0.894. The van der Waals surface area contributed by atoms with Gasteiger partial charge in [-0.25, -0.2) is 9.97 Å². The molecule has 1 N–H and O–H groups in total. The van der Waals surface area contributed by atoms with Crippen molar-refractivity contribution in [2.24, 2.45) is 0 Å². The van der Waals surface area contributed by atoms with E-state index in [0.717, 1.165) is 23.9 Å². The Bertz CT molecular complexity index is 535. The molecule has 1 aromatic carbocycles. The predicted molar refractivity (Wildman–Crippen MR) is 76.0 cm³/mol. The lowest BCUT2D eigenvalue weighted by Gasteiger charge is -2.08. The summed E-state index contributed by atoms with van der Waals surface area (Å²) in [5.41, 5.74) is 3.36. The van der Waals surface area contributed by atoms with Gasteiger partial charge in [0.2, 0.25) is 0 Å². The van der Waals surface area contributed by atoms with Crippen LogP contribution in [0.1, 0.15) is 22.6 Å². The SMILES string of the molecule is COCc1cccc(CNc2cc(C)nc(C)n2)c1. The molecule has 0 aliphatic heterocycles. The van der Waals surface area contributed by atoms with Crippen molar-refractivity contribution >= 4 is 5.82 Å². The monoisotopic (exact) mass is 257 g/mol. The van der Waals surface area contributed by atoms with Crippen LogP contribution < -0.4 is 5.32 Å². The molecule has 0 aliphatic rings. The normalized spacial score (nSPS) is 10.5. The zero-order valence-electron chi connectivity index (χ0n) is 11.6. The van der Waals surface area contributed by atoms with E-state index < -0.39 is 0 Å². The number of hydrogen-bond acceptors (Lipinski definition) is 4. The zero-order valence-corrected chi connectivity index (χ0v) is 11.6. The van der Waals surface area contributed by atoms with Crippen LogP contribution in [0.3, 0.4) is 0 Å². The van der Waals surface area contributed by atoms with E-state index in [1.165, 1.54) is 11.1 Å². The molecule has 1 aromatic heterocycles. The van der Waals surface area contributed by atoms with Crippen molar-refractivity contribution in [3.05, 3.63) is 53.0 Å². The minimum absolute atomic E-state index is 0.638. The Morgan fingerprint density at radius 2 is 1.89 bits per heavy atom. The van der Waals surface area contributed by atoms with E-state index in [0.29, 0.717) is 6.61 Å². The van der Waals surface area contributed by atoms with E-state index >= 15 is 0 Å². The van der Waals surface area contributed by atoms with Crippen LogP contribution in [-0.4, -0.2) is 17.1 Å². The van der Waals surface area contributed by atoms with Gasteiger partial charge in [-0.1, -0.05) is 24.3 Å². The molecule has 4 heteroatoms. The highest BCUT2D eigenvalue weighted by Gasteiger charge is 2.00. The maximum Gasteiger partial charge on any atom is 0.130 e. The smallest absolute Gasteiger partial charge is 0.130 e. The molecular weight excluding hydrogens is 238 g/mol. The Labute approximate surface area is 113 Å². The third kappa shape index (κ3) is 4.03. The molecule has 0 radical (unpaired) electrons. The summed E-state index contributed by atoms with van der Waals surface area (Å²) in [6, 6.07) is 10.3. The molecule has 0 spiro atoms. The Morgan fingerprint density at radius 1 is 1.11 bits per heavy atom. The average Bonchev–Trinajstić information content (AvgIpc) is 2.36. The third-order valence-corrected chi connectivity index (χ3v) is 2.74. The Hall–Kier alpha value is -1.94. The van der Waals surface area contributed by atoms with Crippen molar-refractivity contribution in [1.29, 1.82) is 0 Å². The second-order valence-corrected chi connectivity index (χ2v) is 4.55. The van der Waals surface area contributed by atoms with E-state index in [1.54, 1.807) is 7.11 Å². The summed E-state index contributed by atoms with van der Waals surface area (Å²) in [5, 5.41) is 3.32. The highest BCUT2D eigenvalue weighted by atomic mass is 16.5. The number of nitrogens with zero attached hydrogens (tertiary/aromatic N) is 2. The minimum Gasteiger partial charge on any atom is -0.380 e. The molecule has 2 rings (SSSR count). The first-order valence-corrected chi connectivity index (χ1v) is 6.30. The van der Waals surface area contributed by atoms with Crippen LogP contribution in [0.5, 0.6) is 0 Å². The molecule has 0 unspecified atom stereocenters. The lowest BCUT2D eigenvalue weighted by Crippen LogP contribution is -2.04. The number of methoxy groups -OCH3 is 1. The molecule has 0 bridgehead atoms. The average molecular weight is 257 g/mol. The number of aryl methyl sites for hydroxylation is 2. The molecule has 1 heterocycles. The van der Waals surface area contributed by atoms with Crippen LogP contribution >= 0.6 is 0 Å². The number of anilines is 1. The molecule has 19 heavy (non-hydrogen) atoms. The van der Waals surface area contributed by atoms with Crippen LogP contribution in [0.2, 0.25) is 0 Å². The molecular formula is C15H19N3O.